The normalized spacial score (nSPS) is 10.7. The van der Waals surface area contributed by atoms with Crippen LogP contribution in [0.15, 0.2) is 78.9 Å². The van der Waals surface area contributed by atoms with Gasteiger partial charge < -0.3 is 0 Å². The lowest BCUT2D eigenvalue weighted by Gasteiger charge is -2.08. The van der Waals surface area contributed by atoms with Crippen molar-refractivity contribution in [2.75, 3.05) is 0 Å². The maximum atomic E-state index is 15.1. The third kappa shape index (κ3) is 5.39. The summed E-state index contributed by atoms with van der Waals surface area (Å²) in [5.74, 6) is 5.68. The van der Waals surface area contributed by atoms with E-state index in [2.05, 4.69) is 43.0 Å². The molecule has 0 aliphatic heterocycles. The van der Waals surface area contributed by atoms with Gasteiger partial charge in [-0.25, -0.2) is 4.39 Å². The van der Waals surface area contributed by atoms with Gasteiger partial charge in [0.15, 0.2) is 0 Å². The smallest absolute Gasteiger partial charge is 0.146 e. The van der Waals surface area contributed by atoms with Gasteiger partial charge in [0.05, 0.1) is 5.56 Å². The van der Waals surface area contributed by atoms with E-state index in [0.29, 0.717) is 16.0 Å². The molecular weight excluding hydrogens is 415 g/mol. The summed E-state index contributed by atoms with van der Waals surface area (Å²) in [7, 11) is 0. The number of fused-ring (bicyclic) bond motifs is 1. The first-order valence-corrected chi connectivity index (χ1v) is 11.6. The first-order valence-electron chi connectivity index (χ1n) is 11.2. The summed E-state index contributed by atoms with van der Waals surface area (Å²) >= 11 is 5.91. The summed E-state index contributed by atoms with van der Waals surface area (Å²) in [6.45, 7) is 2.24. The summed E-state index contributed by atoms with van der Waals surface area (Å²) < 4.78 is 15.1. The Balaban J connectivity index is 1.54. The number of halogens is 2. The molecule has 0 spiro atoms. The number of hydrogen-bond donors (Lipinski definition) is 0. The fourth-order valence-electron chi connectivity index (χ4n) is 3.86. The predicted octanol–water partition coefficient (Wildman–Crippen LogP) is 8.82. The molecule has 0 unspecified atom stereocenters. The van der Waals surface area contributed by atoms with Crippen LogP contribution in [0.2, 0.25) is 5.02 Å². The van der Waals surface area contributed by atoms with Crippen LogP contribution in [0.1, 0.15) is 49.3 Å². The van der Waals surface area contributed by atoms with Gasteiger partial charge >= 0.3 is 0 Å². The van der Waals surface area contributed by atoms with Crippen molar-refractivity contribution in [3.05, 3.63) is 106 Å². The van der Waals surface area contributed by atoms with Crippen LogP contribution in [0, 0.1) is 17.7 Å². The molecule has 4 rings (SSSR count). The third-order valence-corrected chi connectivity index (χ3v) is 6.00. The third-order valence-electron chi connectivity index (χ3n) is 5.75. The zero-order valence-corrected chi connectivity index (χ0v) is 19.1. The standard InChI is InChI=1S/C30H26ClF/c1-2-3-4-5-6-22-7-12-24(13-8-22)26-17-20-29-27(21-26)16-15-25(30(29)32)14-9-23-10-18-28(31)19-11-23/h7-8,10-13,15-21H,2-6H2,1H3. The Morgan fingerprint density at radius 1 is 0.750 bits per heavy atom. The van der Waals surface area contributed by atoms with E-state index >= 15 is 4.39 Å². The van der Waals surface area contributed by atoms with Crippen LogP contribution < -0.4 is 0 Å². The monoisotopic (exact) mass is 440 g/mol. The Morgan fingerprint density at radius 2 is 1.50 bits per heavy atom. The van der Waals surface area contributed by atoms with Crippen LogP contribution in [0.25, 0.3) is 21.9 Å². The van der Waals surface area contributed by atoms with E-state index in [0.717, 1.165) is 28.5 Å². The van der Waals surface area contributed by atoms with Crippen molar-refractivity contribution in [1.29, 1.82) is 0 Å². The van der Waals surface area contributed by atoms with E-state index < -0.39 is 0 Å². The summed E-state index contributed by atoms with van der Waals surface area (Å²) in [5.41, 5.74) is 4.82. The molecule has 0 aromatic heterocycles. The van der Waals surface area contributed by atoms with E-state index in [4.69, 9.17) is 11.6 Å². The molecule has 0 N–H and O–H groups in total. The van der Waals surface area contributed by atoms with Crippen molar-refractivity contribution in [3.8, 4) is 23.0 Å². The number of rotatable bonds is 6. The van der Waals surface area contributed by atoms with Crippen LogP contribution in [-0.2, 0) is 6.42 Å². The van der Waals surface area contributed by atoms with E-state index in [-0.39, 0.29) is 5.82 Å². The molecule has 0 fully saturated rings. The Morgan fingerprint density at radius 3 is 2.25 bits per heavy atom. The molecule has 0 radical (unpaired) electrons. The molecule has 0 aliphatic carbocycles. The lowest BCUT2D eigenvalue weighted by molar-refractivity contribution is 0.636. The summed E-state index contributed by atoms with van der Waals surface area (Å²) in [4.78, 5) is 0. The van der Waals surface area contributed by atoms with Crippen molar-refractivity contribution in [2.45, 2.75) is 39.0 Å². The van der Waals surface area contributed by atoms with Crippen LogP contribution >= 0.6 is 11.6 Å². The number of benzene rings is 4. The second-order valence-electron chi connectivity index (χ2n) is 8.13. The molecule has 4 aromatic rings. The average Bonchev–Trinajstić information content (AvgIpc) is 2.83. The van der Waals surface area contributed by atoms with E-state index in [1.54, 1.807) is 18.2 Å². The Kier molecular flexibility index (Phi) is 7.25. The lowest BCUT2D eigenvalue weighted by atomic mass is 9.98. The van der Waals surface area contributed by atoms with Crippen LogP contribution in [-0.4, -0.2) is 0 Å². The van der Waals surface area contributed by atoms with Gasteiger partial charge in [-0.1, -0.05) is 92.1 Å². The fraction of sp³-hybridized carbons (Fsp3) is 0.200. The van der Waals surface area contributed by atoms with Gasteiger partial charge in [0.2, 0.25) is 0 Å². The lowest BCUT2D eigenvalue weighted by Crippen LogP contribution is -1.89. The number of aryl methyl sites for hydroxylation is 1. The van der Waals surface area contributed by atoms with Gasteiger partial charge in [-0.05, 0) is 71.3 Å². The molecule has 0 atom stereocenters. The van der Waals surface area contributed by atoms with Gasteiger partial charge in [-0.3, -0.25) is 0 Å². The molecule has 2 heteroatoms. The second kappa shape index (κ2) is 10.5. The summed E-state index contributed by atoms with van der Waals surface area (Å²) in [6, 6.07) is 25.6. The zero-order chi connectivity index (χ0) is 22.3. The summed E-state index contributed by atoms with van der Waals surface area (Å²) in [6.07, 6.45) is 6.23. The van der Waals surface area contributed by atoms with Gasteiger partial charge in [0.1, 0.15) is 5.82 Å². The first-order chi connectivity index (χ1) is 15.6. The topological polar surface area (TPSA) is 0 Å². The zero-order valence-electron chi connectivity index (χ0n) is 18.3. The van der Waals surface area contributed by atoms with Crippen LogP contribution in [0.5, 0.6) is 0 Å². The second-order valence-corrected chi connectivity index (χ2v) is 8.56. The molecule has 0 bridgehead atoms. The highest BCUT2D eigenvalue weighted by molar-refractivity contribution is 6.30. The Labute approximate surface area is 195 Å². The first kappa shape index (κ1) is 22.1. The molecule has 0 aliphatic rings. The minimum absolute atomic E-state index is 0.280. The molecule has 32 heavy (non-hydrogen) atoms. The highest BCUT2D eigenvalue weighted by Crippen LogP contribution is 2.28. The minimum atomic E-state index is -0.280. The molecule has 4 aromatic carbocycles. The number of hydrogen-bond acceptors (Lipinski definition) is 0. The van der Waals surface area contributed by atoms with Crippen molar-refractivity contribution in [2.24, 2.45) is 0 Å². The highest BCUT2D eigenvalue weighted by Gasteiger charge is 2.08. The quantitative estimate of drug-likeness (QED) is 0.207. The van der Waals surface area contributed by atoms with Gasteiger partial charge in [0.25, 0.3) is 0 Å². The SMILES string of the molecule is CCCCCCc1ccc(-c2ccc3c(F)c(C#Cc4ccc(Cl)cc4)ccc3c2)cc1. The van der Waals surface area contributed by atoms with Crippen LogP contribution in [0.3, 0.4) is 0 Å². The molecule has 160 valence electrons. The van der Waals surface area contributed by atoms with Crippen molar-refractivity contribution in [3.63, 3.8) is 0 Å². The highest BCUT2D eigenvalue weighted by atomic mass is 35.5. The molecule has 0 saturated carbocycles. The average molecular weight is 441 g/mol. The Hall–Kier alpha value is -3.08. The van der Waals surface area contributed by atoms with E-state index in [9.17, 15) is 0 Å². The maximum absolute atomic E-state index is 15.1. The summed E-state index contributed by atoms with van der Waals surface area (Å²) in [5, 5.41) is 2.12. The predicted molar refractivity (Wildman–Crippen MR) is 135 cm³/mol. The molecular formula is C30H26ClF. The van der Waals surface area contributed by atoms with E-state index in [1.807, 2.05) is 36.4 Å². The minimum Gasteiger partial charge on any atom is -0.205 e. The van der Waals surface area contributed by atoms with Gasteiger partial charge in [-0.15, -0.1) is 0 Å². The van der Waals surface area contributed by atoms with Crippen LogP contribution in [0.4, 0.5) is 4.39 Å². The van der Waals surface area contributed by atoms with E-state index in [1.165, 1.54) is 31.2 Å². The number of unbranched alkanes of at least 4 members (excludes halogenated alkanes) is 3. The van der Waals surface area contributed by atoms with Gasteiger partial charge in [-0.2, -0.15) is 0 Å². The van der Waals surface area contributed by atoms with Crippen molar-refractivity contribution < 1.29 is 4.39 Å². The largest absolute Gasteiger partial charge is 0.205 e. The van der Waals surface area contributed by atoms with Crippen molar-refractivity contribution >= 4 is 22.4 Å². The molecule has 0 nitrogen and oxygen atoms in total. The maximum Gasteiger partial charge on any atom is 0.146 e. The fourth-order valence-corrected chi connectivity index (χ4v) is 3.99. The molecule has 0 saturated heterocycles. The molecule has 0 amide bonds. The van der Waals surface area contributed by atoms with Crippen molar-refractivity contribution in [1.82, 2.24) is 0 Å². The Bertz CT molecular complexity index is 1260. The molecule has 0 heterocycles. The van der Waals surface area contributed by atoms with Gasteiger partial charge in [0, 0.05) is 16.0 Å².